The average molecular weight is 183 g/mol. The highest BCUT2D eigenvalue weighted by Gasteiger charge is 2.07. The van der Waals surface area contributed by atoms with Gasteiger partial charge in [-0.1, -0.05) is 23.7 Å². The summed E-state index contributed by atoms with van der Waals surface area (Å²) >= 11 is 5.75. The number of aldehydes is 1. The van der Waals surface area contributed by atoms with Gasteiger partial charge in [-0.05, 0) is 13.0 Å². The van der Waals surface area contributed by atoms with Crippen molar-refractivity contribution in [1.82, 2.24) is 0 Å². The number of carbonyl (C=O) groups is 2. The molecule has 0 aliphatic carbocycles. The molecule has 0 aromatic heterocycles. The summed E-state index contributed by atoms with van der Waals surface area (Å²) in [4.78, 5) is 21.3. The predicted molar refractivity (Wildman–Crippen MR) is 46.8 cm³/mol. The normalized spacial score (nSPS) is 9.50. The van der Waals surface area contributed by atoms with E-state index >= 15 is 0 Å². The lowest BCUT2D eigenvalue weighted by molar-refractivity contribution is 0.101. The summed E-state index contributed by atoms with van der Waals surface area (Å²) in [6.07, 6.45) is 0.634. The van der Waals surface area contributed by atoms with E-state index in [0.29, 0.717) is 17.4 Å². The summed E-state index contributed by atoms with van der Waals surface area (Å²) in [5.41, 5.74) is 0.741. The molecule has 0 heterocycles. The standard InChI is InChI=1S/C9H7ClO2/c1-6(12)8-4-2-3-7(5-11)9(8)10/h2-5H,1H3. The summed E-state index contributed by atoms with van der Waals surface area (Å²) in [6, 6.07) is 4.80. The van der Waals surface area contributed by atoms with Crippen LogP contribution in [-0.2, 0) is 0 Å². The molecule has 0 amide bonds. The lowest BCUT2D eigenvalue weighted by Crippen LogP contribution is -1.95. The van der Waals surface area contributed by atoms with Crippen molar-refractivity contribution in [2.45, 2.75) is 6.92 Å². The zero-order valence-electron chi connectivity index (χ0n) is 6.50. The number of hydrogen-bond acceptors (Lipinski definition) is 2. The van der Waals surface area contributed by atoms with Crippen LogP contribution in [0, 0.1) is 0 Å². The number of hydrogen-bond donors (Lipinski definition) is 0. The molecule has 0 aliphatic rings. The van der Waals surface area contributed by atoms with Crippen molar-refractivity contribution in [2.75, 3.05) is 0 Å². The minimum atomic E-state index is -0.135. The Kier molecular flexibility index (Phi) is 2.61. The van der Waals surface area contributed by atoms with Gasteiger partial charge in [-0.15, -0.1) is 0 Å². The first-order chi connectivity index (χ1) is 5.66. The molecule has 0 saturated heterocycles. The van der Waals surface area contributed by atoms with Gasteiger partial charge in [0.2, 0.25) is 0 Å². The second-order valence-electron chi connectivity index (χ2n) is 2.38. The summed E-state index contributed by atoms with van der Waals surface area (Å²) in [5.74, 6) is -0.135. The molecule has 1 aromatic rings. The maximum atomic E-state index is 10.9. The lowest BCUT2D eigenvalue weighted by atomic mass is 10.1. The van der Waals surface area contributed by atoms with Crippen LogP contribution < -0.4 is 0 Å². The van der Waals surface area contributed by atoms with Crippen LogP contribution in [0.1, 0.15) is 27.6 Å². The molecule has 0 bridgehead atoms. The molecule has 0 saturated carbocycles. The highest BCUT2D eigenvalue weighted by atomic mass is 35.5. The number of ketones is 1. The van der Waals surface area contributed by atoms with Crippen molar-refractivity contribution in [3.8, 4) is 0 Å². The number of halogens is 1. The van der Waals surface area contributed by atoms with Gasteiger partial charge in [0.05, 0.1) is 5.02 Å². The Morgan fingerprint density at radius 3 is 2.67 bits per heavy atom. The smallest absolute Gasteiger partial charge is 0.161 e. The highest BCUT2D eigenvalue weighted by Crippen LogP contribution is 2.19. The van der Waals surface area contributed by atoms with Gasteiger partial charge in [-0.25, -0.2) is 0 Å². The van der Waals surface area contributed by atoms with Gasteiger partial charge in [-0.2, -0.15) is 0 Å². The Morgan fingerprint density at radius 1 is 1.50 bits per heavy atom. The Bertz CT molecular complexity index is 331. The summed E-state index contributed by atoms with van der Waals surface area (Å²) in [5, 5.41) is 0.236. The third-order valence-electron chi connectivity index (χ3n) is 1.53. The lowest BCUT2D eigenvalue weighted by Gasteiger charge is -2.00. The van der Waals surface area contributed by atoms with Crippen molar-refractivity contribution in [2.24, 2.45) is 0 Å². The monoisotopic (exact) mass is 182 g/mol. The third kappa shape index (κ3) is 1.53. The molecule has 62 valence electrons. The topological polar surface area (TPSA) is 34.1 Å². The molecule has 0 radical (unpaired) electrons. The SMILES string of the molecule is CC(=O)c1cccc(C=O)c1Cl. The van der Waals surface area contributed by atoms with E-state index in [0.717, 1.165) is 0 Å². The molecule has 1 aromatic carbocycles. The highest BCUT2D eigenvalue weighted by molar-refractivity contribution is 6.36. The fourth-order valence-electron chi connectivity index (χ4n) is 0.913. The van der Waals surface area contributed by atoms with Gasteiger partial charge >= 0.3 is 0 Å². The zero-order chi connectivity index (χ0) is 9.14. The Labute approximate surface area is 75.2 Å². The van der Waals surface area contributed by atoms with E-state index in [2.05, 4.69) is 0 Å². The fraction of sp³-hybridized carbons (Fsp3) is 0.111. The van der Waals surface area contributed by atoms with E-state index in [4.69, 9.17) is 11.6 Å². The largest absolute Gasteiger partial charge is 0.298 e. The van der Waals surface area contributed by atoms with Gasteiger partial charge in [-0.3, -0.25) is 9.59 Å². The molecular weight excluding hydrogens is 176 g/mol. The van der Waals surface area contributed by atoms with E-state index < -0.39 is 0 Å². The van der Waals surface area contributed by atoms with Crippen LogP contribution in [0.5, 0.6) is 0 Å². The Balaban J connectivity index is 3.32. The summed E-state index contributed by atoms with van der Waals surface area (Å²) in [7, 11) is 0. The number of carbonyl (C=O) groups excluding carboxylic acids is 2. The van der Waals surface area contributed by atoms with Gasteiger partial charge < -0.3 is 0 Å². The quantitative estimate of drug-likeness (QED) is 0.520. The maximum Gasteiger partial charge on any atom is 0.161 e. The molecule has 0 fully saturated rings. The first-order valence-corrected chi connectivity index (χ1v) is 3.79. The van der Waals surface area contributed by atoms with Crippen molar-refractivity contribution < 1.29 is 9.59 Å². The van der Waals surface area contributed by atoms with Crippen molar-refractivity contribution in [3.63, 3.8) is 0 Å². The Hall–Kier alpha value is -1.15. The minimum absolute atomic E-state index is 0.135. The number of Topliss-reactive ketones (excluding diaryl/α,β-unsaturated/α-hetero) is 1. The molecule has 0 atom stereocenters. The van der Waals surface area contributed by atoms with Gasteiger partial charge in [0.25, 0.3) is 0 Å². The molecular formula is C9H7ClO2. The summed E-state index contributed by atoms with van der Waals surface area (Å²) in [6.45, 7) is 1.41. The maximum absolute atomic E-state index is 10.9. The first kappa shape index (κ1) is 8.94. The number of rotatable bonds is 2. The third-order valence-corrected chi connectivity index (χ3v) is 1.96. The second-order valence-corrected chi connectivity index (χ2v) is 2.76. The average Bonchev–Trinajstić information content (AvgIpc) is 2.04. The van der Waals surface area contributed by atoms with Gasteiger partial charge in [0, 0.05) is 11.1 Å². The van der Waals surface area contributed by atoms with Gasteiger partial charge in [0.1, 0.15) is 0 Å². The van der Waals surface area contributed by atoms with Crippen LogP contribution in [0.3, 0.4) is 0 Å². The van der Waals surface area contributed by atoms with Crippen molar-refractivity contribution in [3.05, 3.63) is 34.3 Å². The molecule has 3 heteroatoms. The van der Waals surface area contributed by atoms with Crippen molar-refractivity contribution in [1.29, 1.82) is 0 Å². The zero-order valence-corrected chi connectivity index (χ0v) is 7.26. The fourth-order valence-corrected chi connectivity index (χ4v) is 1.22. The molecule has 0 unspecified atom stereocenters. The van der Waals surface area contributed by atoms with E-state index in [-0.39, 0.29) is 10.8 Å². The van der Waals surface area contributed by atoms with E-state index in [1.54, 1.807) is 18.2 Å². The molecule has 0 spiro atoms. The van der Waals surface area contributed by atoms with Crippen LogP contribution >= 0.6 is 11.6 Å². The molecule has 2 nitrogen and oxygen atoms in total. The Morgan fingerprint density at radius 2 is 2.17 bits per heavy atom. The van der Waals surface area contributed by atoms with Gasteiger partial charge in [0.15, 0.2) is 12.1 Å². The molecule has 1 rings (SSSR count). The van der Waals surface area contributed by atoms with Crippen LogP contribution in [0.15, 0.2) is 18.2 Å². The first-order valence-electron chi connectivity index (χ1n) is 3.41. The molecule has 12 heavy (non-hydrogen) atoms. The van der Waals surface area contributed by atoms with E-state index in [9.17, 15) is 9.59 Å². The second kappa shape index (κ2) is 3.50. The number of benzene rings is 1. The van der Waals surface area contributed by atoms with Crippen LogP contribution in [-0.4, -0.2) is 12.1 Å². The van der Waals surface area contributed by atoms with Crippen molar-refractivity contribution >= 4 is 23.7 Å². The van der Waals surface area contributed by atoms with E-state index in [1.807, 2.05) is 0 Å². The van der Waals surface area contributed by atoms with E-state index in [1.165, 1.54) is 6.92 Å². The van der Waals surface area contributed by atoms with Crippen LogP contribution in [0.2, 0.25) is 5.02 Å². The minimum Gasteiger partial charge on any atom is -0.298 e. The van der Waals surface area contributed by atoms with Crippen LogP contribution in [0.4, 0.5) is 0 Å². The predicted octanol–water partition coefficient (Wildman–Crippen LogP) is 2.36. The molecule has 0 N–H and O–H groups in total. The molecule has 0 aliphatic heterocycles. The summed E-state index contributed by atoms with van der Waals surface area (Å²) < 4.78 is 0. The van der Waals surface area contributed by atoms with Crippen LogP contribution in [0.25, 0.3) is 0 Å².